The van der Waals surface area contributed by atoms with E-state index in [1.54, 1.807) is 18.2 Å². The molecule has 14 heteroatoms. The van der Waals surface area contributed by atoms with Crippen molar-refractivity contribution in [1.29, 1.82) is 0 Å². The van der Waals surface area contributed by atoms with E-state index in [1.807, 2.05) is 0 Å². The van der Waals surface area contributed by atoms with Crippen LogP contribution < -0.4 is 4.72 Å². The van der Waals surface area contributed by atoms with Gasteiger partial charge in [0.25, 0.3) is 0 Å². The van der Waals surface area contributed by atoms with Gasteiger partial charge in [-0.25, -0.2) is 13.1 Å². The summed E-state index contributed by atoms with van der Waals surface area (Å²) >= 11 is 0. The van der Waals surface area contributed by atoms with E-state index in [0.29, 0.717) is 11.1 Å². The molecule has 0 saturated heterocycles. The Kier molecular flexibility index (Phi) is 6.26. The van der Waals surface area contributed by atoms with E-state index >= 15 is 0 Å². The Morgan fingerprint density at radius 2 is 1.80 bits per heavy atom. The Labute approximate surface area is 195 Å². The topological polar surface area (TPSA) is 97.4 Å². The minimum atomic E-state index is -4.99. The van der Waals surface area contributed by atoms with Crippen LogP contribution in [0, 0.1) is 6.92 Å². The number of hydrogen-bond donors (Lipinski definition) is 2. The highest BCUT2D eigenvalue weighted by Crippen LogP contribution is 2.37. The lowest BCUT2D eigenvalue weighted by atomic mass is 10.1. The fourth-order valence-corrected chi connectivity index (χ4v) is 5.56. The van der Waals surface area contributed by atoms with Crippen LogP contribution in [0.3, 0.4) is 0 Å². The van der Waals surface area contributed by atoms with Crippen LogP contribution >= 0.6 is 0 Å². The van der Waals surface area contributed by atoms with Gasteiger partial charge in [-0.15, -0.1) is 0 Å². The third-order valence-electron chi connectivity index (χ3n) is 5.51. The number of benzene rings is 1. The zero-order chi connectivity index (χ0) is 25.8. The first kappa shape index (κ1) is 25.3. The summed E-state index contributed by atoms with van der Waals surface area (Å²) in [4.78, 5) is -0.988. The highest BCUT2D eigenvalue weighted by atomic mass is 32.2. The molecule has 2 heterocycles. The van der Waals surface area contributed by atoms with Gasteiger partial charge in [-0.1, -0.05) is 18.2 Å². The number of aliphatic hydroxyl groups is 1. The lowest BCUT2D eigenvalue weighted by Crippen LogP contribution is -2.36. The third kappa shape index (κ3) is 5.23. The average Bonchev–Trinajstić information content (AvgIpc) is 3.42. The molecule has 190 valence electrons. The summed E-state index contributed by atoms with van der Waals surface area (Å²) in [6.07, 6.45) is -8.21. The summed E-state index contributed by atoms with van der Waals surface area (Å²) in [5.74, 6) is -1.80. The monoisotopic (exact) mass is 523 g/mol. The van der Waals surface area contributed by atoms with Gasteiger partial charge in [0.05, 0.1) is 13.2 Å². The van der Waals surface area contributed by atoms with Crippen molar-refractivity contribution >= 4 is 10.0 Å². The number of furan rings is 1. The first-order valence-corrected chi connectivity index (χ1v) is 11.7. The molecule has 1 atom stereocenters. The predicted octanol–water partition coefficient (Wildman–Crippen LogP) is 3.81. The second kappa shape index (κ2) is 8.68. The number of aromatic nitrogens is 2. The number of alkyl halides is 6. The van der Waals surface area contributed by atoms with Crippen LogP contribution in [0.4, 0.5) is 26.3 Å². The summed E-state index contributed by atoms with van der Waals surface area (Å²) in [5.41, 5.74) is 0.510. The van der Waals surface area contributed by atoms with Crippen LogP contribution in [0.5, 0.6) is 0 Å². The van der Waals surface area contributed by atoms with Crippen molar-refractivity contribution in [3.8, 4) is 0 Å². The Morgan fingerprint density at radius 3 is 2.40 bits per heavy atom. The van der Waals surface area contributed by atoms with Gasteiger partial charge < -0.3 is 9.52 Å². The van der Waals surface area contributed by atoms with Crippen molar-refractivity contribution < 1.29 is 44.3 Å². The summed E-state index contributed by atoms with van der Waals surface area (Å²) < 4.78 is 112. The molecule has 2 aromatic heterocycles. The smallest absolute Gasteiger partial charge is 0.450 e. The van der Waals surface area contributed by atoms with Crippen molar-refractivity contribution in [1.82, 2.24) is 14.5 Å². The molecular formula is C21H19F6N3O4S. The molecule has 0 radical (unpaired) electrons. The number of aryl methyl sites for hydroxylation is 1. The van der Waals surface area contributed by atoms with Crippen molar-refractivity contribution in [3.05, 3.63) is 69.9 Å². The predicted molar refractivity (Wildman–Crippen MR) is 109 cm³/mol. The normalized spacial score (nSPS) is 16.6. The van der Waals surface area contributed by atoms with Crippen LogP contribution in [0.25, 0.3) is 0 Å². The van der Waals surface area contributed by atoms with Crippen LogP contribution in [-0.2, 0) is 48.4 Å². The first-order valence-electron chi connectivity index (χ1n) is 10.2. The van der Waals surface area contributed by atoms with Gasteiger partial charge in [-0.05, 0) is 36.5 Å². The van der Waals surface area contributed by atoms with Gasteiger partial charge in [-0.2, -0.15) is 31.4 Å². The quantitative estimate of drug-likeness (QED) is 0.479. The maximum Gasteiger partial charge on any atom is 0.450 e. The molecule has 1 aliphatic carbocycles. The molecule has 0 aliphatic heterocycles. The lowest BCUT2D eigenvalue weighted by molar-refractivity contribution is -0.156. The Bertz CT molecular complexity index is 1360. The fraction of sp³-hybridized carbons (Fsp3) is 0.381. The zero-order valence-electron chi connectivity index (χ0n) is 18.0. The van der Waals surface area contributed by atoms with Gasteiger partial charge in [-0.3, -0.25) is 4.68 Å². The van der Waals surface area contributed by atoms with Crippen LogP contribution in [-0.4, -0.2) is 29.3 Å². The average molecular weight is 523 g/mol. The number of halogens is 6. The van der Waals surface area contributed by atoms with Gasteiger partial charge in [0, 0.05) is 23.9 Å². The largest absolute Gasteiger partial charge is 0.455 e. The van der Waals surface area contributed by atoms with Gasteiger partial charge >= 0.3 is 12.4 Å². The molecule has 0 saturated carbocycles. The minimum absolute atomic E-state index is 0.0318. The number of nitrogens with zero attached hydrogens (tertiary/aromatic N) is 2. The molecule has 4 rings (SSSR count). The summed E-state index contributed by atoms with van der Waals surface area (Å²) in [6, 6.07) is 5.10. The number of nitrogens with one attached hydrogen (secondary N) is 1. The van der Waals surface area contributed by atoms with E-state index in [-0.39, 0.29) is 30.7 Å². The SMILES string of the molecule is Cc1cc(S(=O)(=O)NC2Cc3ccc(Cn4cc(CO)c(C(F)(F)F)n4)cc3C2)c(C(F)(F)F)o1. The van der Waals surface area contributed by atoms with Crippen molar-refractivity contribution in [3.63, 3.8) is 0 Å². The molecular weight excluding hydrogens is 504 g/mol. The van der Waals surface area contributed by atoms with E-state index < -0.39 is 51.4 Å². The third-order valence-corrected chi connectivity index (χ3v) is 7.04. The summed E-state index contributed by atoms with van der Waals surface area (Å²) in [7, 11) is -4.54. The molecule has 3 aromatic rings. The van der Waals surface area contributed by atoms with Gasteiger partial charge in [0.2, 0.25) is 15.8 Å². The molecule has 35 heavy (non-hydrogen) atoms. The van der Waals surface area contributed by atoms with Crippen LogP contribution in [0.15, 0.2) is 39.8 Å². The van der Waals surface area contributed by atoms with Crippen molar-refractivity contribution in [2.45, 2.75) is 56.2 Å². The number of fused-ring (bicyclic) bond motifs is 1. The molecule has 1 unspecified atom stereocenters. The van der Waals surface area contributed by atoms with E-state index in [0.717, 1.165) is 22.5 Å². The first-order chi connectivity index (χ1) is 16.2. The summed E-state index contributed by atoms with van der Waals surface area (Å²) in [5, 5.41) is 12.7. The standard InChI is InChI=1S/C21H19F6N3O4S/c1-11-4-17(19(34-11)21(25,26)27)35(32,33)29-16-6-13-3-2-12(5-14(13)7-16)8-30-9-15(10-31)18(28-30)20(22,23)24/h2-5,9,16,29,31H,6-8,10H2,1H3. The van der Waals surface area contributed by atoms with E-state index in [9.17, 15) is 39.9 Å². The Hall–Kier alpha value is -2.84. The molecule has 7 nitrogen and oxygen atoms in total. The van der Waals surface area contributed by atoms with Gasteiger partial charge in [0.1, 0.15) is 10.7 Å². The molecule has 0 fully saturated rings. The highest BCUT2D eigenvalue weighted by molar-refractivity contribution is 7.89. The molecule has 0 spiro atoms. The number of aliphatic hydroxyl groups excluding tert-OH is 1. The van der Waals surface area contributed by atoms with Crippen LogP contribution in [0.1, 0.15) is 39.5 Å². The number of hydrogen-bond acceptors (Lipinski definition) is 5. The van der Waals surface area contributed by atoms with E-state index in [4.69, 9.17) is 0 Å². The maximum atomic E-state index is 13.2. The Balaban J connectivity index is 1.50. The van der Waals surface area contributed by atoms with Crippen molar-refractivity contribution in [2.24, 2.45) is 0 Å². The second-order valence-corrected chi connectivity index (χ2v) is 9.92. The van der Waals surface area contributed by atoms with E-state index in [2.05, 4.69) is 14.2 Å². The molecule has 0 bridgehead atoms. The fourth-order valence-electron chi connectivity index (χ4n) is 4.11. The Morgan fingerprint density at radius 1 is 1.11 bits per heavy atom. The lowest BCUT2D eigenvalue weighted by Gasteiger charge is -2.13. The molecule has 2 N–H and O–H groups in total. The zero-order valence-corrected chi connectivity index (χ0v) is 18.9. The highest BCUT2D eigenvalue weighted by Gasteiger charge is 2.43. The molecule has 1 aromatic carbocycles. The van der Waals surface area contributed by atoms with Gasteiger partial charge in [0.15, 0.2) is 5.69 Å². The van der Waals surface area contributed by atoms with Crippen LogP contribution in [0.2, 0.25) is 0 Å². The molecule has 1 aliphatic rings. The summed E-state index contributed by atoms with van der Waals surface area (Å²) in [6.45, 7) is 0.352. The maximum absolute atomic E-state index is 13.2. The second-order valence-electron chi connectivity index (χ2n) is 8.23. The minimum Gasteiger partial charge on any atom is -0.455 e. The van der Waals surface area contributed by atoms with E-state index in [1.165, 1.54) is 6.92 Å². The molecule has 0 amide bonds. The number of rotatable bonds is 6. The number of sulfonamides is 1. The van der Waals surface area contributed by atoms with Crippen molar-refractivity contribution in [2.75, 3.05) is 0 Å².